The number of para-hydroxylation sites is 6. The summed E-state index contributed by atoms with van der Waals surface area (Å²) in [5, 5.41) is 2.17. The second-order valence-corrected chi connectivity index (χ2v) is 18.0. The quantitative estimate of drug-likeness (QED) is 0.112. The van der Waals surface area contributed by atoms with Crippen molar-refractivity contribution in [3.63, 3.8) is 0 Å². The van der Waals surface area contributed by atoms with E-state index in [4.69, 9.17) is 9.72 Å². The monoisotopic (exact) mass is 1080 g/mol. The van der Waals surface area contributed by atoms with Gasteiger partial charge in [-0.05, 0) is 68.7 Å². The standard InChI is InChI=1S/C63H43N5O.Pt/c1-63(2)53-28-10-13-31-56(53)67(57-32-14-11-29-54(57)63)46-37-38-64-61(40-46)68-55-30-12-9-25-51(55)52-36-35-48(41-60(52)68)69-47-24-17-23-45(39-47)65-42-66(59-34-16-15-33-58(59)65)62-49(43-19-5-3-6-20-43)26-18-27-50(62)44-21-7-4-8-22-44;/h3-38,40H,1-2H3;/q-2;. The number of ether oxygens (including phenoxy) is 1. The van der Waals surface area contributed by atoms with Crippen LogP contribution >= 0.6 is 0 Å². The van der Waals surface area contributed by atoms with Crippen molar-refractivity contribution in [3.05, 3.63) is 254 Å². The Hall–Kier alpha value is -8.31. The molecular weight excluding hydrogens is 1040 g/mol. The van der Waals surface area contributed by atoms with Gasteiger partial charge in [0.1, 0.15) is 5.82 Å². The average Bonchev–Trinajstić information content (AvgIpc) is 3.95. The van der Waals surface area contributed by atoms with E-state index in [1.807, 2.05) is 30.5 Å². The van der Waals surface area contributed by atoms with Gasteiger partial charge in [0.15, 0.2) is 0 Å². The summed E-state index contributed by atoms with van der Waals surface area (Å²) >= 11 is 0. The summed E-state index contributed by atoms with van der Waals surface area (Å²) in [6, 6.07) is 83.7. The van der Waals surface area contributed by atoms with E-state index in [1.54, 1.807) is 0 Å². The van der Waals surface area contributed by atoms with Gasteiger partial charge in [0.25, 0.3) is 6.33 Å². The molecule has 70 heavy (non-hydrogen) atoms. The Labute approximate surface area is 421 Å². The molecule has 0 atom stereocenters. The van der Waals surface area contributed by atoms with E-state index in [9.17, 15) is 0 Å². The van der Waals surface area contributed by atoms with Crippen LogP contribution in [0.25, 0.3) is 72.3 Å². The smallest absolute Gasteiger partial charge is 0.268 e. The Morgan fingerprint density at radius 3 is 1.84 bits per heavy atom. The minimum absolute atomic E-state index is 0. The fourth-order valence-corrected chi connectivity index (χ4v) is 10.4. The van der Waals surface area contributed by atoms with Crippen LogP contribution in [0.2, 0.25) is 0 Å². The topological polar surface area (TPSA) is 39.1 Å². The predicted molar refractivity (Wildman–Crippen MR) is 278 cm³/mol. The third-order valence-corrected chi connectivity index (χ3v) is 13.6. The first-order valence-corrected chi connectivity index (χ1v) is 23.3. The average molecular weight is 1080 g/mol. The van der Waals surface area contributed by atoms with Gasteiger partial charge < -0.3 is 18.8 Å². The van der Waals surface area contributed by atoms with Crippen LogP contribution in [0.1, 0.15) is 25.0 Å². The molecule has 0 bridgehead atoms. The first kappa shape index (κ1) is 43.0. The molecule has 6 nitrogen and oxygen atoms in total. The zero-order chi connectivity index (χ0) is 46.1. The molecular formula is C63H43N5OPt-2. The Morgan fingerprint density at radius 1 is 0.529 bits per heavy atom. The molecule has 0 saturated carbocycles. The maximum Gasteiger partial charge on any atom is 0.268 e. The number of aromatic nitrogens is 4. The second-order valence-electron chi connectivity index (χ2n) is 18.0. The van der Waals surface area contributed by atoms with Gasteiger partial charge in [-0.1, -0.05) is 177 Å². The number of pyridine rings is 1. The molecule has 0 spiro atoms. The maximum atomic E-state index is 6.72. The van der Waals surface area contributed by atoms with Crippen LogP contribution in [0.4, 0.5) is 17.1 Å². The molecule has 0 amide bonds. The molecule has 0 aliphatic carbocycles. The number of imidazole rings is 1. The van der Waals surface area contributed by atoms with E-state index in [2.05, 4.69) is 245 Å². The van der Waals surface area contributed by atoms with Crippen molar-refractivity contribution in [2.24, 2.45) is 0 Å². The molecule has 3 aromatic heterocycles. The SMILES string of the molecule is CC1(C)c2ccccc2N(c2ccnc(-n3c4[c-]c(Oc5[c-]c(-n6[c-][n+](-c7c(-c8ccccc8)cccc7-c7ccccc7)c7ccccc76)ccc5)ccc4c4ccccc43)c2)c2ccccc21.[Pt]. The molecule has 1 aliphatic heterocycles. The molecule has 0 saturated heterocycles. The fraction of sp³-hybridized carbons (Fsp3) is 0.0476. The Morgan fingerprint density at radius 2 is 1.13 bits per heavy atom. The largest absolute Gasteiger partial charge is 0.510 e. The molecule has 0 N–H and O–H groups in total. The van der Waals surface area contributed by atoms with E-state index in [0.29, 0.717) is 11.5 Å². The predicted octanol–water partition coefficient (Wildman–Crippen LogP) is 15.0. The first-order chi connectivity index (χ1) is 34.0. The van der Waals surface area contributed by atoms with Gasteiger partial charge in [-0.2, -0.15) is 18.2 Å². The number of hydrogen-bond acceptors (Lipinski definition) is 3. The van der Waals surface area contributed by atoms with Gasteiger partial charge in [-0.15, -0.1) is 29.7 Å². The molecule has 13 rings (SSSR count). The van der Waals surface area contributed by atoms with Crippen molar-refractivity contribution in [2.75, 3.05) is 4.90 Å². The van der Waals surface area contributed by atoms with E-state index in [1.165, 1.54) is 11.1 Å². The number of fused-ring (bicyclic) bond motifs is 6. The van der Waals surface area contributed by atoms with Crippen LogP contribution in [0.5, 0.6) is 11.5 Å². The van der Waals surface area contributed by atoms with E-state index >= 15 is 0 Å². The summed E-state index contributed by atoms with van der Waals surface area (Å²) in [6.45, 7) is 4.62. The molecule has 9 aromatic carbocycles. The molecule has 7 heteroatoms. The minimum atomic E-state index is -0.161. The molecule has 1 aliphatic rings. The van der Waals surface area contributed by atoms with E-state index < -0.39 is 0 Å². The van der Waals surface area contributed by atoms with Crippen molar-refractivity contribution in [1.29, 1.82) is 0 Å². The molecule has 0 radical (unpaired) electrons. The van der Waals surface area contributed by atoms with Crippen LogP contribution in [0, 0.1) is 18.5 Å². The summed E-state index contributed by atoms with van der Waals surface area (Å²) in [7, 11) is 0. The second kappa shape index (κ2) is 17.3. The number of hydrogen-bond donors (Lipinski definition) is 0. The van der Waals surface area contributed by atoms with E-state index in [-0.39, 0.29) is 26.5 Å². The number of anilines is 3. The van der Waals surface area contributed by atoms with Crippen molar-refractivity contribution in [1.82, 2.24) is 14.1 Å². The molecule has 338 valence electrons. The molecule has 12 aromatic rings. The molecule has 0 unspecified atom stereocenters. The van der Waals surface area contributed by atoms with Gasteiger partial charge >= 0.3 is 0 Å². The zero-order valence-corrected chi connectivity index (χ0v) is 40.6. The van der Waals surface area contributed by atoms with Gasteiger partial charge in [0, 0.05) is 55.8 Å². The number of rotatable bonds is 8. The van der Waals surface area contributed by atoms with Gasteiger partial charge in [-0.25, -0.2) is 4.98 Å². The van der Waals surface area contributed by atoms with Crippen molar-refractivity contribution in [3.8, 4) is 50.9 Å². The van der Waals surface area contributed by atoms with Crippen molar-refractivity contribution < 1.29 is 30.4 Å². The van der Waals surface area contributed by atoms with Gasteiger partial charge in [0.05, 0.1) is 33.8 Å². The maximum absolute atomic E-state index is 6.72. The number of nitrogens with zero attached hydrogens (tertiary/aromatic N) is 5. The van der Waals surface area contributed by atoms with Gasteiger partial charge in [-0.3, -0.25) is 4.57 Å². The van der Waals surface area contributed by atoms with Crippen LogP contribution in [0.15, 0.2) is 225 Å². The van der Waals surface area contributed by atoms with Gasteiger partial charge in [0.2, 0.25) is 0 Å². The Balaban J connectivity index is 0.00000505. The Kier molecular flexibility index (Phi) is 10.6. The Bertz CT molecular complexity index is 3820. The van der Waals surface area contributed by atoms with Crippen LogP contribution in [-0.4, -0.2) is 14.1 Å². The summed E-state index contributed by atoms with van der Waals surface area (Å²) in [5.74, 6) is 1.91. The summed E-state index contributed by atoms with van der Waals surface area (Å²) < 4.78 is 13.2. The van der Waals surface area contributed by atoms with Crippen molar-refractivity contribution in [2.45, 2.75) is 19.3 Å². The minimum Gasteiger partial charge on any atom is -0.510 e. The summed E-state index contributed by atoms with van der Waals surface area (Å²) in [4.78, 5) is 7.40. The molecule has 4 heterocycles. The third-order valence-electron chi connectivity index (χ3n) is 13.6. The zero-order valence-electron chi connectivity index (χ0n) is 38.3. The fourth-order valence-electron chi connectivity index (χ4n) is 10.4. The summed E-state index contributed by atoms with van der Waals surface area (Å²) in [6.07, 6.45) is 5.67. The van der Waals surface area contributed by atoms with Crippen LogP contribution in [0.3, 0.4) is 0 Å². The normalized spacial score (nSPS) is 12.7. The molecule has 0 fully saturated rings. The summed E-state index contributed by atoms with van der Waals surface area (Å²) in [5.41, 5.74) is 16.0. The van der Waals surface area contributed by atoms with Crippen LogP contribution in [-0.2, 0) is 26.5 Å². The van der Waals surface area contributed by atoms with Crippen LogP contribution < -0.4 is 14.2 Å². The van der Waals surface area contributed by atoms with E-state index in [0.717, 1.165) is 89.3 Å². The number of benzene rings is 9. The first-order valence-electron chi connectivity index (χ1n) is 23.3. The van der Waals surface area contributed by atoms with Crippen molar-refractivity contribution >= 4 is 49.9 Å². The third kappa shape index (κ3) is 7.06.